The van der Waals surface area contributed by atoms with E-state index in [0.29, 0.717) is 25.7 Å². The van der Waals surface area contributed by atoms with Crippen molar-refractivity contribution < 1.29 is 19.9 Å². The summed E-state index contributed by atoms with van der Waals surface area (Å²) < 4.78 is 0. The van der Waals surface area contributed by atoms with Crippen molar-refractivity contribution in [2.24, 2.45) is 5.92 Å². The highest BCUT2D eigenvalue weighted by Crippen LogP contribution is 2.20. The van der Waals surface area contributed by atoms with Gasteiger partial charge in [-0.3, -0.25) is 14.8 Å². The van der Waals surface area contributed by atoms with Crippen LogP contribution in [0, 0.1) is 5.92 Å². The molecule has 0 aliphatic heterocycles. The summed E-state index contributed by atoms with van der Waals surface area (Å²) in [5.74, 6) is -1.65. The molecule has 0 aromatic heterocycles. The standard InChI is InChI=1S/C16H31NO4/c1-4-7-9-11-15(18)17(21)14(10-8-5-2)12-13(6-3)16(19)20/h13-14,21H,4-12H2,1-3H3,(H,19,20). The van der Waals surface area contributed by atoms with Crippen LogP contribution in [0.15, 0.2) is 0 Å². The monoisotopic (exact) mass is 301 g/mol. The lowest BCUT2D eigenvalue weighted by Crippen LogP contribution is -2.39. The number of amides is 1. The summed E-state index contributed by atoms with van der Waals surface area (Å²) in [5, 5.41) is 20.1. The zero-order chi connectivity index (χ0) is 16.3. The molecule has 2 unspecified atom stereocenters. The Morgan fingerprint density at radius 2 is 1.67 bits per heavy atom. The highest BCUT2D eigenvalue weighted by Gasteiger charge is 2.27. The third kappa shape index (κ3) is 8.05. The zero-order valence-electron chi connectivity index (χ0n) is 13.7. The van der Waals surface area contributed by atoms with Gasteiger partial charge in [-0.1, -0.05) is 46.5 Å². The molecular formula is C16H31NO4. The van der Waals surface area contributed by atoms with Gasteiger partial charge in [-0.05, 0) is 25.7 Å². The van der Waals surface area contributed by atoms with Gasteiger partial charge in [0.1, 0.15) is 0 Å². The summed E-state index contributed by atoms with van der Waals surface area (Å²) in [7, 11) is 0. The van der Waals surface area contributed by atoms with E-state index < -0.39 is 11.9 Å². The van der Waals surface area contributed by atoms with Crippen LogP contribution < -0.4 is 0 Å². The number of unbranched alkanes of at least 4 members (excludes halogenated alkanes) is 3. The first-order chi connectivity index (χ1) is 9.97. The van der Waals surface area contributed by atoms with E-state index in [4.69, 9.17) is 5.11 Å². The Kier molecular flexibility index (Phi) is 10.9. The van der Waals surface area contributed by atoms with Gasteiger partial charge in [0.15, 0.2) is 0 Å². The molecule has 0 saturated heterocycles. The number of aliphatic carboxylic acids is 1. The number of carbonyl (C=O) groups excluding carboxylic acids is 1. The number of hydrogen-bond donors (Lipinski definition) is 2. The van der Waals surface area contributed by atoms with Crippen molar-refractivity contribution in [1.82, 2.24) is 5.06 Å². The highest BCUT2D eigenvalue weighted by atomic mass is 16.5. The van der Waals surface area contributed by atoms with Crippen molar-refractivity contribution in [2.75, 3.05) is 0 Å². The Morgan fingerprint density at radius 1 is 1.05 bits per heavy atom. The molecule has 2 atom stereocenters. The molecule has 0 aromatic carbocycles. The van der Waals surface area contributed by atoms with Crippen LogP contribution in [0.4, 0.5) is 0 Å². The molecule has 0 aliphatic rings. The molecule has 0 bridgehead atoms. The average molecular weight is 301 g/mol. The Bertz CT molecular complexity index is 307. The maximum absolute atomic E-state index is 12.0. The van der Waals surface area contributed by atoms with Crippen LogP contribution in [0.5, 0.6) is 0 Å². The summed E-state index contributed by atoms with van der Waals surface area (Å²) in [6, 6.07) is -0.389. The second-order valence-electron chi connectivity index (χ2n) is 5.67. The van der Waals surface area contributed by atoms with Crippen LogP contribution in [-0.2, 0) is 9.59 Å². The minimum absolute atomic E-state index is 0.287. The van der Waals surface area contributed by atoms with Gasteiger partial charge < -0.3 is 5.11 Å². The molecular weight excluding hydrogens is 270 g/mol. The van der Waals surface area contributed by atoms with E-state index in [0.717, 1.165) is 37.2 Å². The van der Waals surface area contributed by atoms with Gasteiger partial charge >= 0.3 is 5.97 Å². The van der Waals surface area contributed by atoms with Crippen LogP contribution >= 0.6 is 0 Å². The average Bonchev–Trinajstić information content (AvgIpc) is 2.46. The number of rotatable bonds is 12. The SMILES string of the molecule is CCCCCC(=O)N(O)C(CCCC)CC(CC)C(=O)O. The Balaban J connectivity index is 4.62. The molecule has 2 N–H and O–H groups in total. The molecule has 0 rings (SSSR count). The summed E-state index contributed by atoms with van der Waals surface area (Å²) in [5.41, 5.74) is 0. The topological polar surface area (TPSA) is 77.8 Å². The molecule has 5 heteroatoms. The van der Waals surface area contributed by atoms with Gasteiger partial charge in [0.2, 0.25) is 5.91 Å². The van der Waals surface area contributed by atoms with Crippen molar-refractivity contribution in [3.05, 3.63) is 0 Å². The molecule has 0 fully saturated rings. The highest BCUT2D eigenvalue weighted by molar-refractivity contribution is 5.75. The molecule has 1 amide bonds. The van der Waals surface area contributed by atoms with Crippen molar-refractivity contribution in [3.63, 3.8) is 0 Å². The predicted molar refractivity (Wildman–Crippen MR) is 82.1 cm³/mol. The first-order valence-electron chi connectivity index (χ1n) is 8.21. The van der Waals surface area contributed by atoms with E-state index >= 15 is 0 Å². The Morgan fingerprint density at radius 3 is 2.14 bits per heavy atom. The lowest BCUT2D eigenvalue weighted by molar-refractivity contribution is -0.179. The fourth-order valence-electron chi connectivity index (χ4n) is 2.39. The predicted octanol–water partition coefficient (Wildman–Crippen LogP) is 3.84. The van der Waals surface area contributed by atoms with Gasteiger partial charge in [-0.15, -0.1) is 0 Å². The van der Waals surface area contributed by atoms with Crippen molar-refractivity contribution in [1.29, 1.82) is 0 Å². The summed E-state index contributed by atoms with van der Waals surface area (Å²) in [6.07, 6.45) is 6.40. The third-order valence-corrected chi connectivity index (χ3v) is 3.89. The van der Waals surface area contributed by atoms with Gasteiger partial charge in [0.05, 0.1) is 12.0 Å². The molecule has 124 valence electrons. The van der Waals surface area contributed by atoms with Crippen molar-refractivity contribution in [3.8, 4) is 0 Å². The lowest BCUT2D eigenvalue weighted by atomic mass is 9.94. The lowest BCUT2D eigenvalue weighted by Gasteiger charge is -2.28. The van der Waals surface area contributed by atoms with E-state index in [1.807, 2.05) is 13.8 Å². The van der Waals surface area contributed by atoms with E-state index in [1.165, 1.54) is 0 Å². The first-order valence-corrected chi connectivity index (χ1v) is 8.21. The smallest absolute Gasteiger partial charge is 0.306 e. The number of hydroxylamine groups is 2. The maximum atomic E-state index is 12.0. The zero-order valence-corrected chi connectivity index (χ0v) is 13.7. The van der Waals surface area contributed by atoms with E-state index in [2.05, 4.69) is 6.92 Å². The van der Waals surface area contributed by atoms with E-state index in [-0.39, 0.29) is 11.9 Å². The van der Waals surface area contributed by atoms with Crippen LogP contribution in [0.1, 0.15) is 78.6 Å². The fourth-order valence-corrected chi connectivity index (χ4v) is 2.39. The van der Waals surface area contributed by atoms with Crippen molar-refractivity contribution in [2.45, 2.75) is 84.6 Å². The number of carbonyl (C=O) groups is 2. The number of hydrogen-bond acceptors (Lipinski definition) is 3. The quantitative estimate of drug-likeness (QED) is 0.326. The third-order valence-electron chi connectivity index (χ3n) is 3.89. The van der Waals surface area contributed by atoms with E-state index in [9.17, 15) is 14.8 Å². The molecule has 0 heterocycles. The largest absolute Gasteiger partial charge is 0.481 e. The maximum Gasteiger partial charge on any atom is 0.306 e. The van der Waals surface area contributed by atoms with Crippen LogP contribution in [-0.4, -0.2) is 33.3 Å². The normalized spacial score (nSPS) is 13.7. The van der Waals surface area contributed by atoms with E-state index in [1.54, 1.807) is 0 Å². The van der Waals surface area contributed by atoms with Crippen LogP contribution in [0.25, 0.3) is 0 Å². The molecule has 0 saturated carbocycles. The molecule has 0 aliphatic carbocycles. The van der Waals surface area contributed by atoms with Crippen molar-refractivity contribution >= 4 is 11.9 Å². The van der Waals surface area contributed by atoms with Crippen LogP contribution in [0.2, 0.25) is 0 Å². The Hall–Kier alpha value is -1.10. The van der Waals surface area contributed by atoms with Gasteiger partial charge in [-0.2, -0.15) is 0 Å². The molecule has 5 nitrogen and oxygen atoms in total. The molecule has 0 spiro atoms. The Labute approximate surface area is 128 Å². The summed E-state index contributed by atoms with van der Waals surface area (Å²) in [4.78, 5) is 23.1. The van der Waals surface area contributed by atoms with Crippen LogP contribution in [0.3, 0.4) is 0 Å². The second-order valence-corrected chi connectivity index (χ2v) is 5.67. The fraction of sp³-hybridized carbons (Fsp3) is 0.875. The molecule has 21 heavy (non-hydrogen) atoms. The minimum atomic E-state index is -0.856. The molecule has 0 radical (unpaired) electrons. The first kappa shape index (κ1) is 19.9. The number of carboxylic acid groups (broad SMARTS) is 1. The second kappa shape index (κ2) is 11.5. The number of carboxylic acids is 1. The summed E-state index contributed by atoms with van der Waals surface area (Å²) >= 11 is 0. The number of nitrogens with zero attached hydrogens (tertiary/aromatic N) is 1. The van der Waals surface area contributed by atoms with Gasteiger partial charge in [0, 0.05) is 6.42 Å². The minimum Gasteiger partial charge on any atom is -0.481 e. The summed E-state index contributed by atoms with van der Waals surface area (Å²) in [6.45, 7) is 5.92. The van der Waals surface area contributed by atoms with Gasteiger partial charge in [-0.25, -0.2) is 5.06 Å². The van der Waals surface area contributed by atoms with Gasteiger partial charge in [0.25, 0.3) is 0 Å². The molecule has 0 aromatic rings.